The van der Waals surface area contributed by atoms with Crippen LogP contribution in [0.5, 0.6) is 0 Å². The number of nitrogens with one attached hydrogen (secondary N) is 1. The summed E-state index contributed by atoms with van der Waals surface area (Å²) in [6, 6.07) is 8.73. The van der Waals surface area contributed by atoms with Crippen LogP contribution in [0.1, 0.15) is 37.6 Å². The molecule has 0 spiro atoms. The molecule has 0 aliphatic carbocycles. The SMILES string of the molecule is CCn1c(=O)n(CC(=O)c2ccccc2)c(=O)c2c1nc(N1CCC3CNC=C31)n2CC=C(C)C. The fourth-order valence-electron chi connectivity index (χ4n) is 4.92. The minimum Gasteiger partial charge on any atom is -0.389 e. The number of ketones is 1. The zero-order valence-corrected chi connectivity index (χ0v) is 20.3. The van der Waals surface area contributed by atoms with Crippen molar-refractivity contribution in [1.29, 1.82) is 0 Å². The zero-order chi connectivity index (χ0) is 24.7. The van der Waals surface area contributed by atoms with Gasteiger partial charge >= 0.3 is 5.69 Å². The summed E-state index contributed by atoms with van der Waals surface area (Å²) in [5.41, 5.74) is 2.42. The molecule has 1 aromatic carbocycles. The molecular weight excluding hydrogens is 444 g/mol. The van der Waals surface area contributed by atoms with E-state index in [1.807, 2.05) is 43.7 Å². The molecule has 1 unspecified atom stereocenters. The van der Waals surface area contributed by atoms with Crippen LogP contribution < -0.4 is 21.5 Å². The summed E-state index contributed by atoms with van der Waals surface area (Å²) in [4.78, 5) is 47.1. The van der Waals surface area contributed by atoms with Gasteiger partial charge in [0, 0.05) is 49.6 Å². The third kappa shape index (κ3) is 3.90. The fourth-order valence-corrected chi connectivity index (χ4v) is 4.92. The number of carbonyl (C=O) groups is 1. The van der Waals surface area contributed by atoms with Gasteiger partial charge in [0.2, 0.25) is 5.95 Å². The van der Waals surface area contributed by atoms with Gasteiger partial charge in [0.1, 0.15) is 0 Å². The van der Waals surface area contributed by atoms with E-state index in [9.17, 15) is 14.4 Å². The summed E-state index contributed by atoms with van der Waals surface area (Å²) >= 11 is 0. The van der Waals surface area contributed by atoms with Crippen LogP contribution in [0.2, 0.25) is 0 Å². The number of anilines is 1. The van der Waals surface area contributed by atoms with Crippen LogP contribution in [0.15, 0.2) is 63.5 Å². The largest absolute Gasteiger partial charge is 0.389 e. The Morgan fingerprint density at radius 1 is 1.14 bits per heavy atom. The first-order chi connectivity index (χ1) is 16.9. The second-order valence-electron chi connectivity index (χ2n) is 9.30. The van der Waals surface area contributed by atoms with Gasteiger partial charge in [-0.05, 0) is 27.2 Å². The van der Waals surface area contributed by atoms with Gasteiger partial charge < -0.3 is 14.8 Å². The molecule has 0 radical (unpaired) electrons. The van der Waals surface area contributed by atoms with Gasteiger partial charge in [-0.3, -0.25) is 18.7 Å². The van der Waals surface area contributed by atoms with E-state index in [0.29, 0.717) is 41.7 Å². The average molecular weight is 475 g/mol. The molecule has 2 aromatic heterocycles. The number of hydrogen-bond acceptors (Lipinski definition) is 6. The lowest BCUT2D eigenvalue weighted by Crippen LogP contribution is -2.42. The van der Waals surface area contributed by atoms with Crippen molar-refractivity contribution in [2.75, 3.05) is 18.0 Å². The maximum absolute atomic E-state index is 13.8. The van der Waals surface area contributed by atoms with Crippen molar-refractivity contribution in [3.05, 3.63) is 80.3 Å². The molecule has 2 aliphatic heterocycles. The van der Waals surface area contributed by atoms with E-state index in [4.69, 9.17) is 4.98 Å². The highest BCUT2D eigenvalue weighted by molar-refractivity contribution is 5.96. The van der Waals surface area contributed by atoms with Gasteiger partial charge in [0.15, 0.2) is 16.9 Å². The van der Waals surface area contributed by atoms with Gasteiger partial charge in [0.05, 0.1) is 6.54 Å². The average Bonchev–Trinajstić information content (AvgIpc) is 3.56. The molecule has 9 nitrogen and oxygen atoms in total. The molecule has 182 valence electrons. The van der Waals surface area contributed by atoms with E-state index in [1.165, 1.54) is 4.57 Å². The predicted octanol–water partition coefficient (Wildman–Crippen LogP) is 2.50. The number of benzene rings is 1. The van der Waals surface area contributed by atoms with Crippen LogP contribution in [-0.2, 0) is 19.6 Å². The topological polar surface area (TPSA) is 94.2 Å². The maximum atomic E-state index is 13.8. The number of aryl methyl sites for hydroxylation is 1. The molecule has 0 amide bonds. The number of nitrogens with zero attached hydrogens (tertiary/aromatic N) is 5. The quantitative estimate of drug-likeness (QED) is 0.418. The van der Waals surface area contributed by atoms with Crippen molar-refractivity contribution >= 4 is 22.9 Å². The molecule has 3 aromatic rings. The smallest absolute Gasteiger partial charge is 0.333 e. The van der Waals surface area contributed by atoms with E-state index < -0.39 is 11.2 Å². The van der Waals surface area contributed by atoms with Crippen LogP contribution in [0, 0.1) is 5.92 Å². The van der Waals surface area contributed by atoms with E-state index in [-0.39, 0.29) is 12.3 Å². The highest BCUT2D eigenvalue weighted by Crippen LogP contribution is 2.35. The minimum absolute atomic E-state index is 0.285. The first-order valence-corrected chi connectivity index (χ1v) is 12.1. The molecule has 9 heteroatoms. The Labute approximate surface area is 203 Å². The normalized spacial score (nSPS) is 16.8. The van der Waals surface area contributed by atoms with Gasteiger partial charge in [-0.25, -0.2) is 4.79 Å². The molecule has 1 atom stereocenters. The molecule has 1 saturated heterocycles. The van der Waals surface area contributed by atoms with Crippen LogP contribution in [-0.4, -0.2) is 37.6 Å². The monoisotopic (exact) mass is 474 g/mol. The van der Waals surface area contributed by atoms with Crippen molar-refractivity contribution in [1.82, 2.24) is 24.0 Å². The molecule has 1 fully saturated rings. The molecule has 35 heavy (non-hydrogen) atoms. The van der Waals surface area contributed by atoms with Gasteiger partial charge in [-0.1, -0.05) is 42.0 Å². The Bertz CT molecular complexity index is 1470. The molecular formula is C26H30N6O3. The third-order valence-electron chi connectivity index (χ3n) is 6.78. The summed E-state index contributed by atoms with van der Waals surface area (Å²) in [6.07, 6.45) is 5.06. The van der Waals surface area contributed by atoms with Crippen LogP contribution in [0.3, 0.4) is 0 Å². The van der Waals surface area contributed by atoms with Crippen LogP contribution in [0.25, 0.3) is 11.2 Å². The summed E-state index contributed by atoms with van der Waals surface area (Å²) in [5.74, 6) is 0.785. The Morgan fingerprint density at radius 3 is 2.63 bits per heavy atom. The Kier molecular flexibility index (Phi) is 5.92. The number of carbonyl (C=O) groups excluding carboxylic acids is 1. The lowest BCUT2D eigenvalue weighted by atomic mass is 10.1. The fraction of sp³-hybridized carbons (Fsp3) is 0.385. The van der Waals surface area contributed by atoms with Crippen molar-refractivity contribution in [3.63, 3.8) is 0 Å². The summed E-state index contributed by atoms with van der Waals surface area (Å²) in [5, 5.41) is 3.31. The van der Waals surface area contributed by atoms with E-state index in [2.05, 4.69) is 10.2 Å². The van der Waals surface area contributed by atoms with Crippen molar-refractivity contribution in [2.45, 2.75) is 46.8 Å². The molecule has 0 saturated carbocycles. The van der Waals surface area contributed by atoms with Gasteiger partial charge in [0.25, 0.3) is 5.56 Å². The van der Waals surface area contributed by atoms with Crippen LogP contribution >= 0.6 is 0 Å². The van der Waals surface area contributed by atoms with Crippen molar-refractivity contribution in [2.24, 2.45) is 5.92 Å². The standard InChI is InChI=1S/C26H30N6O3/c1-4-29-23-22(24(34)32(26(29)35)16-21(33)18-8-6-5-7-9-18)31(12-10-17(2)3)25(28-23)30-13-11-19-14-27-15-20(19)30/h5-10,15,19,27H,4,11-14,16H2,1-3H3. The van der Waals surface area contributed by atoms with E-state index >= 15 is 0 Å². The number of hydrogen-bond donors (Lipinski definition) is 1. The summed E-state index contributed by atoms with van der Waals surface area (Å²) in [6.45, 7) is 8.02. The molecule has 2 aliphatic rings. The minimum atomic E-state index is -0.520. The van der Waals surface area contributed by atoms with Gasteiger partial charge in [-0.15, -0.1) is 0 Å². The second-order valence-corrected chi connectivity index (χ2v) is 9.30. The lowest BCUT2D eigenvalue weighted by molar-refractivity contribution is 0.0968. The first kappa shape index (κ1) is 22.9. The van der Waals surface area contributed by atoms with E-state index in [1.54, 1.807) is 24.3 Å². The lowest BCUT2D eigenvalue weighted by Gasteiger charge is -2.19. The van der Waals surface area contributed by atoms with Gasteiger partial charge in [-0.2, -0.15) is 4.98 Å². The second kappa shape index (κ2) is 9.05. The summed E-state index contributed by atoms with van der Waals surface area (Å²) < 4.78 is 4.43. The van der Waals surface area contributed by atoms with Crippen LogP contribution in [0.4, 0.5) is 5.95 Å². The number of allylic oxidation sites excluding steroid dienone is 2. The first-order valence-electron chi connectivity index (χ1n) is 12.1. The molecule has 5 rings (SSSR count). The van der Waals surface area contributed by atoms with Crippen molar-refractivity contribution < 1.29 is 4.79 Å². The van der Waals surface area contributed by atoms with E-state index in [0.717, 1.165) is 35.3 Å². The Morgan fingerprint density at radius 2 is 1.91 bits per heavy atom. The number of imidazole rings is 1. The molecule has 0 bridgehead atoms. The summed E-state index contributed by atoms with van der Waals surface area (Å²) in [7, 11) is 0. The number of aromatic nitrogens is 4. The highest BCUT2D eigenvalue weighted by Gasteiger charge is 2.35. The number of fused-ring (bicyclic) bond motifs is 2. The molecule has 4 heterocycles. The predicted molar refractivity (Wildman–Crippen MR) is 136 cm³/mol. The maximum Gasteiger partial charge on any atom is 0.333 e. The van der Waals surface area contributed by atoms with Crippen molar-refractivity contribution in [3.8, 4) is 0 Å². The number of rotatable bonds is 7. The zero-order valence-electron chi connectivity index (χ0n) is 20.3. The Hall–Kier alpha value is -3.88. The highest BCUT2D eigenvalue weighted by atomic mass is 16.2. The molecule has 1 N–H and O–H groups in total. The number of Topliss-reactive ketones (excluding diaryl/α,β-unsaturated/α-hetero) is 1. The third-order valence-corrected chi connectivity index (χ3v) is 6.78. The Balaban J connectivity index is 1.72.